The number of aromatic nitrogens is 1. The second-order valence-electron chi connectivity index (χ2n) is 5.16. The molecule has 1 aromatic carbocycles. The number of nitrogens with one attached hydrogen (secondary N) is 1. The minimum atomic E-state index is -0.790. The zero-order valence-electron chi connectivity index (χ0n) is 13.0. The zero-order valence-corrected chi connectivity index (χ0v) is 13.8. The summed E-state index contributed by atoms with van der Waals surface area (Å²) in [6.45, 7) is 2.69. The SMILES string of the molecule is Cc1cccc(OCC(O)CNC(=O)c2csc(CCN)n2)c1. The van der Waals surface area contributed by atoms with E-state index < -0.39 is 6.10 Å². The summed E-state index contributed by atoms with van der Waals surface area (Å²) in [5.74, 6) is 0.389. The molecule has 0 spiro atoms. The lowest BCUT2D eigenvalue weighted by Gasteiger charge is -2.13. The van der Waals surface area contributed by atoms with Gasteiger partial charge in [0.1, 0.15) is 24.2 Å². The Labute approximate surface area is 139 Å². The van der Waals surface area contributed by atoms with E-state index in [4.69, 9.17) is 10.5 Å². The van der Waals surface area contributed by atoms with Crippen LogP contribution in [0.25, 0.3) is 0 Å². The summed E-state index contributed by atoms with van der Waals surface area (Å²) in [5, 5.41) is 15.1. The molecule has 0 saturated carbocycles. The highest BCUT2D eigenvalue weighted by Gasteiger charge is 2.13. The molecule has 23 heavy (non-hydrogen) atoms. The fraction of sp³-hybridized carbons (Fsp3) is 0.375. The van der Waals surface area contributed by atoms with Gasteiger partial charge in [0.05, 0.1) is 5.01 Å². The Morgan fingerprint density at radius 2 is 2.35 bits per heavy atom. The maximum absolute atomic E-state index is 11.9. The normalized spacial score (nSPS) is 12.0. The van der Waals surface area contributed by atoms with Crippen LogP contribution >= 0.6 is 11.3 Å². The van der Waals surface area contributed by atoms with Crippen molar-refractivity contribution in [2.24, 2.45) is 5.73 Å². The highest BCUT2D eigenvalue weighted by atomic mass is 32.1. The highest BCUT2D eigenvalue weighted by Crippen LogP contribution is 2.12. The number of thiazole rings is 1. The van der Waals surface area contributed by atoms with Gasteiger partial charge in [-0.1, -0.05) is 12.1 Å². The van der Waals surface area contributed by atoms with Gasteiger partial charge in [0.25, 0.3) is 5.91 Å². The first-order valence-corrected chi connectivity index (χ1v) is 8.26. The van der Waals surface area contributed by atoms with Gasteiger partial charge < -0.3 is 20.9 Å². The third kappa shape index (κ3) is 5.63. The van der Waals surface area contributed by atoms with Gasteiger partial charge in [0.15, 0.2) is 0 Å². The molecule has 0 aliphatic heterocycles. The van der Waals surface area contributed by atoms with Crippen LogP contribution in [-0.2, 0) is 6.42 Å². The summed E-state index contributed by atoms with van der Waals surface area (Å²) in [6, 6.07) is 7.57. The van der Waals surface area contributed by atoms with Gasteiger partial charge in [-0.3, -0.25) is 4.79 Å². The van der Waals surface area contributed by atoms with Crippen molar-refractivity contribution in [2.75, 3.05) is 19.7 Å². The molecule has 1 unspecified atom stereocenters. The third-order valence-corrected chi connectivity index (χ3v) is 3.98. The van der Waals surface area contributed by atoms with E-state index in [0.29, 0.717) is 24.4 Å². The van der Waals surface area contributed by atoms with Crippen molar-refractivity contribution in [1.82, 2.24) is 10.3 Å². The predicted octanol–water partition coefficient (Wildman–Crippen LogP) is 1.12. The molecule has 0 aliphatic carbocycles. The molecule has 2 aromatic rings. The van der Waals surface area contributed by atoms with E-state index in [1.54, 1.807) is 5.38 Å². The lowest BCUT2D eigenvalue weighted by atomic mass is 10.2. The summed E-state index contributed by atoms with van der Waals surface area (Å²) in [4.78, 5) is 16.1. The van der Waals surface area contributed by atoms with Crippen LogP contribution in [0.15, 0.2) is 29.6 Å². The Balaban J connectivity index is 1.74. The number of carbonyl (C=O) groups excluding carboxylic acids is 1. The number of ether oxygens (including phenoxy) is 1. The summed E-state index contributed by atoms with van der Waals surface area (Å²) < 4.78 is 5.49. The average molecular weight is 335 g/mol. The van der Waals surface area contributed by atoms with Gasteiger partial charge in [0.2, 0.25) is 0 Å². The number of amides is 1. The van der Waals surface area contributed by atoms with Crippen molar-refractivity contribution < 1.29 is 14.6 Å². The smallest absolute Gasteiger partial charge is 0.270 e. The van der Waals surface area contributed by atoms with Crippen LogP contribution in [0, 0.1) is 6.92 Å². The summed E-state index contributed by atoms with van der Waals surface area (Å²) in [5.41, 5.74) is 6.89. The number of hydrogen-bond donors (Lipinski definition) is 3. The van der Waals surface area contributed by atoms with Gasteiger partial charge in [0, 0.05) is 18.3 Å². The molecular formula is C16H21N3O3S. The number of benzene rings is 1. The van der Waals surface area contributed by atoms with Gasteiger partial charge in [-0.2, -0.15) is 0 Å². The van der Waals surface area contributed by atoms with Crippen molar-refractivity contribution >= 4 is 17.2 Å². The van der Waals surface area contributed by atoms with Crippen molar-refractivity contribution in [3.05, 3.63) is 45.9 Å². The maximum atomic E-state index is 11.9. The Bertz CT molecular complexity index is 645. The number of carbonyl (C=O) groups is 1. The van der Waals surface area contributed by atoms with Crippen molar-refractivity contribution in [1.29, 1.82) is 0 Å². The van der Waals surface area contributed by atoms with Crippen molar-refractivity contribution in [3.8, 4) is 5.75 Å². The van der Waals surface area contributed by atoms with Gasteiger partial charge in [-0.25, -0.2) is 4.98 Å². The van der Waals surface area contributed by atoms with Crippen LogP contribution in [0.5, 0.6) is 5.75 Å². The molecule has 2 rings (SSSR count). The Kier molecular flexibility index (Phi) is 6.52. The molecule has 7 heteroatoms. The first kappa shape index (κ1) is 17.4. The molecule has 0 radical (unpaired) electrons. The van der Waals surface area contributed by atoms with E-state index in [9.17, 15) is 9.90 Å². The molecule has 124 valence electrons. The first-order chi connectivity index (χ1) is 11.1. The van der Waals surface area contributed by atoms with Crippen LogP contribution in [0.2, 0.25) is 0 Å². The average Bonchev–Trinajstić information content (AvgIpc) is 3.00. The molecule has 1 amide bonds. The molecule has 1 atom stereocenters. The summed E-state index contributed by atoms with van der Waals surface area (Å²) in [7, 11) is 0. The largest absolute Gasteiger partial charge is 0.491 e. The Morgan fingerprint density at radius 1 is 1.52 bits per heavy atom. The lowest BCUT2D eigenvalue weighted by Crippen LogP contribution is -2.35. The third-order valence-electron chi connectivity index (χ3n) is 3.07. The monoisotopic (exact) mass is 335 g/mol. The van der Waals surface area contributed by atoms with Crippen LogP contribution in [-0.4, -0.2) is 41.8 Å². The van der Waals surface area contributed by atoms with Crippen LogP contribution in [0.4, 0.5) is 0 Å². The molecule has 0 aliphatic rings. The number of rotatable bonds is 8. The molecule has 0 saturated heterocycles. The molecule has 1 heterocycles. The standard InChI is InChI=1S/C16H21N3O3S/c1-11-3-2-4-13(7-11)22-9-12(20)8-18-16(21)14-10-23-15(19-14)5-6-17/h2-4,7,10,12,20H,5-6,8-9,17H2,1H3,(H,18,21). The van der Waals surface area contributed by atoms with Crippen molar-refractivity contribution in [3.63, 3.8) is 0 Å². The number of nitrogens with zero attached hydrogens (tertiary/aromatic N) is 1. The van der Waals surface area contributed by atoms with Crippen LogP contribution in [0.3, 0.4) is 0 Å². The van der Waals surface area contributed by atoms with E-state index in [1.165, 1.54) is 11.3 Å². The summed E-state index contributed by atoms with van der Waals surface area (Å²) in [6.07, 6.45) is -0.133. The molecule has 6 nitrogen and oxygen atoms in total. The van der Waals surface area contributed by atoms with E-state index in [-0.39, 0.29) is 19.1 Å². The fourth-order valence-corrected chi connectivity index (χ4v) is 2.71. The summed E-state index contributed by atoms with van der Waals surface area (Å²) >= 11 is 1.41. The molecule has 1 aromatic heterocycles. The fourth-order valence-electron chi connectivity index (χ4n) is 1.91. The van der Waals surface area contributed by atoms with Crippen LogP contribution in [0.1, 0.15) is 21.1 Å². The molecule has 4 N–H and O–H groups in total. The molecule has 0 bridgehead atoms. The number of aryl methyl sites for hydroxylation is 1. The number of nitrogens with two attached hydrogens (primary N) is 1. The lowest BCUT2D eigenvalue weighted by molar-refractivity contribution is 0.0840. The minimum absolute atomic E-state index is 0.106. The second kappa shape index (κ2) is 8.61. The zero-order chi connectivity index (χ0) is 16.7. The molecular weight excluding hydrogens is 314 g/mol. The first-order valence-electron chi connectivity index (χ1n) is 7.38. The van der Waals surface area contributed by atoms with Crippen molar-refractivity contribution in [2.45, 2.75) is 19.4 Å². The predicted molar refractivity (Wildman–Crippen MR) is 89.9 cm³/mol. The number of hydrogen-bond acceptors (Lipinski definition) is 6. The molecule has 0 fully saturated rings. The van der Waals surface area contributed by atoms with E-state index in [1.807, 2.05) is 31.2 Å². The van der Waals surface area contributed by atoms with E-state index in [0.717, 1.165) is 10.6 Å². The quantitative estimate of drug-likeness (QED) is 0.672. The topological polar surface area (TPSA) is 97.5 Å². The number of aliphatic hydroxyl groups excluding tert-OH is 1. The highest BCUT2D eigenvalue weighted by molar-refractivity contribution is 7.09. The van der Waals surface area contributed by atoms with E-state index >= 15 is 0 Å². The number of aliphatic hydroxyl groups is 1. The van der Waals surface area contributed by atoms with Gasteiger partial charge >= 0.3 is 0 Å². The Morgan fingerprint density at radius 3 is 3.09 bits per heavy atom. The van der Waals surface area contributed by atoms with Gasteiger partial charge in [-0.15, -0.1) is 11.3 Å². The Hall–Kier alpha value is -1.96. The van der Waals surface area contributed by atoms with Crippen LogP contribution < -0.4 is 15.8 Å². The van der Waals surface area contributed by atoms with E-state index in [2.05, 4.69) is 10.3 Å². The van der Waals surface area contributed by atoms with Gasteiger partial charge in [-0.05, 0) is 31.2 Å². The second-order valence-corrected chi connectivity index (χ2v) is 6.10. The minimum Gasteiger partial charge on any atom is -0.491 e. The maximum Gasteiger partial charge on any atom is 0.270 e.